The molecule has 1 aromatic rings. The second kappa shape index (κ2) is 9.40. The number of aromatic nitrogens is 3. The number of nitrogens with zero attached hydrogens (tertiary/aromatic N) is 3. The Labute approximate surface area is 111 Å². The van der Waals surface area contributed by atoms with E-state index in [0.29, 0.717) is 5.92 Å². The minimum atomic E-state index is 0.572. The fraction of sp³-hybridized carbons (Fsp3) is 0.467. The molecule has 0 spiro atoms. The van der Waals surface area contributed by atoms with E-state index in [0.717, 1.165) is 12.1 Å². The van der Waals surface area contributed by atoms with Crippen LogP contribution in [-0.4, -0.2) is 14.8 Å². The van der Waals surface area contributed by atoms with Crippen LogP contribution in [0.15, 0.2) is 43.0 Å². The minimum Gasteiger partial charge on any atom is -0.223 e. The van der Waals surface area contributed by atoms with Gasteiger partial charge in [0.2, 0.25) is 0 Å². The highest BCUT2D eigenvalue weighted by Crippen LogP contribution is 2.14. The predicted octanol–water partition coefficient (Wildman–Crippen LogP) is 4.32. The van der Waals surface area contributed by atoms with Crippen molar-refractivity contribution in [2.45, 2.75) is 41.0 Å². The van der Waals surface area contributed by atoms with Gasteiger partial charge in [-0.1, -0.05) is 52.8 Å². The highest BCUT2D eigenvalue weighted by atomic mass is 15.3. The zero-order valence-electron chi connectivity index (χ0n) is 12.2. The Bertz CT molecular complexity index is 384. The summed E-state index contributed by atoms with van der Waals surface area (Å²) in [5, 5.41) is 4.07. The summed E-state index contributed by atoms with van der Waals surface area (Å²) in [5.74, 6) is 0.572. The summed E-state index contributed by atoms with van der Waals surface area (Å²) in [6.45, 7) is 14.4. The lowest BCUT2D eigenvalue weighted by Crippen LogP contribution is -1.95. The van der Waals surface area contributed by atoms with Gasteiger partial charge in [0.15, 0.2) is 0 Å². The molecule has 1 rings (SSSR count). The summed E-state index contributed by atoms with van der Waals surface area (Å²) < 4.78 is 1.71. The molecule has 0 N–H and O–H groups in total. The summed E-state index contributed by atoms with van der Waals surface area (Å²) in [6, 6.07) is 0. The standard InChI is InChI=1S/C13H19N3.C2H6/c1-5-12(11(3)4)7-8-13(6-2)16-10-14-9-15-16;1-2/h6-11H,2,5H2,1,3-4H3;1-2H3/b12-7+,13-8+;. The van der Waals surface area contributed by atoms with E-state index in [1.807, 2.05) is 19.9 Å². The van der Waals surface area contributed by atoms with Crippen LogP contribution in [0.25, 0.3) is 5.70 Å². The molecule has 1 heterocycles. The van der Waals surface area contributed by atoms with E-state index < -0.39 is 0 Å². The molecule has 3 heteroatoms. The Hall–Kier alpha value is -1.64. The summed E-state index contributed by atoms with van der Waals surface area (Å²) in [4.78, 5) is 3.92. The van der Waals surface area contributed by atoms with E-state index >= 15 is 0 Å². The van der Waals surface area contributed by atoms with Crippen LogP contribution in [0.3, 0.4) is 0 Å². The molecule has 18 heavy (non-hydrogen) atoms. The molecular weight excluding hydrogens is 222 g/mol. The molecule has 0 saturated heterocycles. The van der Waals surface area contributed by atoms with Crippen LogP contribution >= 0.6 is 0 Å². The van der Waals surface area contributed by atoms with Gasteiger partial charge in [-0.05, 0) is 24.5 Å². The summed E-state index contributed by atoms with van der Waals surface area (Å²) in [5.41, 5.74) is 2.35. The van der Waals surface area contributed by atoms with Crippen molar-refractivity contribution in [3.05, 3.63) is 43.0 Å². The van der Waals surface area contributed by atoms with Crippen molar-refractivity contribution in [3.63, 3.8) is 0 Å². The van der Waals surface area contributed by atoms with Gasteiger partial charge in [-0.2, -0.15) is 5.10 Å². The summed E-state index contributed by atoms with van der Waals surface area (Å²) in [7, 11) is 0. The van der Waals surface area contributed by atoms with Crippen molar-refractivity contribution >= 4 is 5.70 Å². The molecule has 1 aromatic heterocycles. The van der Waals surface area contributed by atoms with Gasteiger partial charge < -0.3 is 0 Å². The topological polar surface area (TPSA) is 30.7 Å². The van der Waals surface area contributed by atoms with Crippen LogP contribution in [0.4, 0.5) is 0 Å². The minimum absolute atomic E-state index is 0.572. The predicted molar refractivity (Wildman–Crippen MR) is 79.1 cm³/mol. The van der Waals surface area contributed by atoms with Gasteiger partial charge in [0.1, 0.15) is 12.7 Å². The Morgan fingerprint density at radius 2 is 2.00 bits per heavy atom. The summed E-state index contributed by atoms with van der Waals surface area (Å²) >= 11 is 0. The molecule has 0 fully saturated rings. The van der Waals surface area contributed by atoms with Crippen molar-refractivity contribution in [1.29, 1.82) is 0 Å². The van der Waals surface area contributed by atoms with Gasteiger partial charge in [-0.25, -0.2) is 9.67 Å². The van der Waals surface area contributed by atoms with Crippen LogP contribution in [0.5, 0.6) is 0 Å². The second-order valence-electron chi connectivity index (χ2n) is 3.89. The van der Waals surface area contributed by atoms with Crippen molar-refractivity contribution in [1.82, 2.24) is 14.8 Å². The molecule has 0 saturated carbocycles. The van der Waals surface area contributed by atoms with Gasteiger partial charge in [-0.15, -0.1) is 0 Å². The molecule has 0 aliphatic heterocycles. The molecule has 0 aliphatic carbocycles. The van der Waals surface area contributed by atoms with Gasteiger partial charge in [0.25, 0.3) is 0 Å². The normalized spacial score (nSPS) is 12.1. The Balaban J connectivity index is 0.00000137. The molecule has 0 aromatic carbocycles. The van der Waals surface area contributed by atoms with Crippen LogP contribution < -0.4 is 0 Å². The zero-order chi connectivity index (χ0) is 14.0. The van der Waals surface area contributed by atoms with E-state index in [1.54, 1.807) is 17.1 Å². The maximum Gasteiger partial charge on any atom is 0.138 e. The third-order valence-corrected chi connectivity index (χ3v) is 2.51. The quantitative estimate of drug-likeness (QED) is 0.725. The van der Waals surface area contributed by atoms with Gasteiger partial charge in [0.05, 0.1) is 5.70 Å². The molecule has 3 nitrogen and oxygen atoms in total. The lowest BCUT2D eigenvalue weighted by atomic mass is 10.0. The van der Waals surface area contributed by atoms with E-state index in [2.05, 4.69) is 43.5 Å². The van der Waals surface area contributed by atoms with Crippen LogP contribution in [-0.2, 0) is 0 Å². The second-order valence-corrected chi connectivity index (χ2v) is 3.89. The lowest BCUT2D eigenvalue weighted by molar-refractivity contribution is 0.732. The first-order valence-electron chi connectivity index (χ1n) is 6.57. The monoisotopic (exact) mass is 247 g/mol. The molecule has 0 atom stereocenters. The molecule has 0 radical (unpaired) electrons. The lowest BCUT2D eigenvalue weighted by Gasteiger charge is -2.07. The van der Waals surface area contributed by atoms with E-state index in [9.17, 15) is 0 Å². The molecule has 0 aliphatic rings. The Kier molecular flexibility index (Phi) is 8.54. The Morgan fingerprint density at radius 3 is 2.39 bits per heavy atom. The van der Waals surface area contributed by atoms with Crippen molar-refractivity contribution in [3.8, 4) is 0 Å². The zero-order valence-corrected chi connectivity index (χ0v) is 12.2. The fourth-order valence-corrected chi connectivity index (χ4v) is 1.49. The molecule has 0 unspecified atom stereocenters. The van der Waals surface area contributed by atoms with Crippen LogP contribution in [0, 0.1) is 5.92 Å². The van der Waals surface area contributed by atoms with Gasteiger partial charge in [0, 0.05) is 0 Å². The highest BCUT2D eigenvalue weighted by Gasteiger charge is 1.99. The van der Waals surface area contributed by atoms with E-state index in [4.69, 9.17) is 0 Å². The summed E-state index contributed by atoms with van der Waals surface area (Å²) in [6.07, 6.45) is 10.2. The average Bonchev–Trinajstić information content (AvgIpc) is 2.90. The maximum atomic E-state index is 4.07. The first kappa shape index (κ1) is 16.4. The van der Waals surface area contributed by atoms with E-state index in [1.165, 1.54) is 11.9 Å². The maximum absolute atomic E-state index is 4.07. The van der Waals surface area contributed by atoms with Gasteiger partial charge in [-0.3, -0.25) is 0 Å². The highest BCUT2D eigenvalue weighted by molar-refractivity contribution is 5.57. The third kappa shape index (κ3) is 5.13. The molecule has 100 valence electrons. The van der Waals surface area contributed by atoms with Crippen molar-refractivity contribution in [2.75, 3.05) is 0 Å². The van der Waals surface area contributed by atoms with Crippen molar-refractivity contribution in [2.24, 2.45) is 5.92 Å². The van der Waals surface area contributed by atoms with Crippen LogP contribution in [0.2, 0.25) is 0 Å². The largest absolute Gasteiger partial charge is 0.223 e. The first-order chi connectivity index (χ1) is 8.69. The smallest absolute Gasteiger partial charge is 0.138 e. The first-order valence-corrected chi connectivity index (χ1v) is 6.57. The van der Waals surface area contributed by atoms with Crippen LogP contribution in [0.1, 0.15) is 41.0 Å². The molecule has 0 amide bonds. The SMILES string of the molecule is C=C/C(=C\C=C(/CC)C(C)C)n1cncn1.CC. The number of hydrogen-bond acceptors (Lipinski definition) is 2. The number of rotatable bonds is 5. The third-order valence-electron chi connectivity index (χ3n) is 2.51. The van der Waals surface area contributed by atoms with Crippen molar-refractivity contribution < 1.29 is 0 Å². The van der Waals surface area contributed by atoms with E-state index in [-0.39, 0.29) is 0 Å². The fourth-order valence-electron chi connectivity index (χ4n) is 1.49. The number of allylic oxidation sites excluding steroid dienone is 5. The van der Waals surface area contributed by atoms with Gasteiger partial charge >= 0.3 is 0 Å². The molecular formula is C15H25N3. The Morgan fingerprint density at radius 1 is 1.33 bits per heavy atom. The molecule has 0 bridgehead atoms. The number of hydrogen-bond donors (Lipinski definition) is 0. The average molecular weight is 247 g/mol.